The van der Waals surface area contributed by atoms with E-state index in [-0.39, 0.29) is 11.9 Å². The Bertz CT molecular complexity index is 478. The average Bonchev–Trinajstić information content (AvgIpc) is 2.87. The number of esters is 1. The van der Waals surface area contributed by atoms with Gasteiger partial charge in [-0.25, -0.2) is 4.79 Å². The van der Waals surface area contributed by atoms with Gasteiger partial charge in [0.25, 0.3) is 0 Å². The Morgan fingerprint density at radius 1 is 1.52 bits per heavy atom. The van der Waals surface area contributed by atoms with Crippen molar-refractivity contribution in [2.75, 3.05) is 36.9 Å². The van der Waals surface area contributed by atoms with Gasteiger partial charge in [0.05, 0.1) is 12.7 Å². The van der Waals surface area contributed by atoms with Crippen molar-refractivity contribution in [3.8, 4) is 0 Å². The number of nitrogen functional groups attached to an aromatic ring is 1. The number of piperidine rings is 1. The van der Waals surface area contributed by atoms with Crippen LogP contribution >= 0.6 is 11.5 Å². The highest BCUT2D eigenvalue weighted by atomic mass is 32.1. The van der Waals surface area contributed by atoms with Crippen molar-refractivity contribution in [1.82, 2.24) is 4.37 Å². The van der Waals surface area contributed by atoms with Gasteiger partial charge in [-0.2, -0.15) is 4.37 Å². The van der Waals surface area contributed by atoms with Gasteiger partial charge < -0.3 is 20.1 Å². The largest absolute Gasteiger partial charge is 0.462 e. The van der Waals surface area contributed by atoms with Gasteiger partial charge in [0.1, 0.15) is 10.6 Å². The Kier molecular flexibility index (Phi) is 5.81. The fraction of sp³-hybridized carbons (Fsp3) is 0.714. The lowest BCUT2D eigenvalue weighted by molar-refractivity contribution is 0.0437. The molecule has 7 heteroatoms. The minimum Gasteiger partial charge on any atom is -0.462 e. The lowest BCUT2D eigenvalue weighted by Crippen LogP contribution is -2.40. The fourth-order valence-electron chi connectivity index (χ4n) is 2.45. The molecule has 0 aliphatic carbocycles. The first kappa shape index (κ1) is 16.0. The van der Waals surface area contributed by atoms with E-state index in [9.17, 15) is 4.79 Å². The molecule has 2 N–H and O–H groups in total. The van der Waals surface area contributed by atoms with Crippen LogP contribution in [0.15, 0.2) is 0 Å². The lowest BCUT2D eigenvalue weighted by atomic mass is 10.1. The number of hydrogen-bond donors (Lipinski definition) is 1. The van der Waals surface area contributed by atoms with E-state index in [1.165, 1.54) is 11.5 Å². The molecule has 6 nitrogen and oxygen atoms in total. The number of rotatable bonds is 6. The molecule has 21 heavy (non-hydrogen) atoms. The molecule has 118 valence electrons. The first-order valence-electron chi connectivity index (χ1n) is 7.46. The first-order chi connectivity index (χ1) is 10.2. The monoisotopic (exact) mass is 313 g/mol. The van der Waals surface area contributed by atoms with E-state index in [2.05, 4.69) is 16.2 Å². The van der Waals surface area contributed by atoms with Crippen LogP contribution in [0.1, 0.15) is 43.5 Å². The molecule has 1 saturated heterocycles. The zero-order chi connectivity index (χ0) is 15.2. The van der Waals surface area contributed by atoms with Crippen LogP contribution in [0.25, 0.3) is 0 Å². The molecule has 2 rings (SSSR count). The van der Waals surface area contributed by atoms with Crippen LogP contribution in [-0.2, 0) is 9.47 Å². The maximum Gasteiger partial charge on any atom is 0.345 e. The van der Waals surface area contributed by atoms with Crippen LogP contribution in [0.3, 0.4) is 0 Å². The summed E-state index contributed by atoms with van der Waals surface area (Å²) >= 11 is 1.26. The second-order valence-electron chi connectivity index (χ2n) is 5.05. The van der Waals surface area contributed by atoms with Gasteiger partial charge in [-0.1, -0.05) is 6.92 Å². The quantitative estimate of drug-likeness (QED) is 0.812. The van der Waals surface area contributed by atoms with Crippen LogP contribution in [0, 0.1) is 0 Å². The number of carbonyl (C=O) groups excluding carboxylic acids is 1. The molecule has 2 heterocycles. The molecular weight excluding hydrogens is 290 g/mol. The van der Waals surface area contributed by atoms with Crippen molar-refractivity contribution in [1.29, 1.82) is 0 Å². The Balaban J connectivity index is 2.12. The topological polar surface area (TPSA) is 77.7 Å². The van der Waals surface area contributed by atoms with Gasteiger partial charge in [-0.3, -0.25) is 0 Å². The van der Waals surface area contributed by atoms with Crippen LogP contribution in [-0.4, -0.2) is 42.8 Å². The third kappa shape index (κ3) is 3.85. The first-order valence-corrected chi connectivity index (χ1v) is 8.23. The maximum atomic E-state index is 12.1. The molecule has 0 bridgehead atoms. The summed E-state index contributed by atoms with van der Waals surface area (Å²) in [4.78, 5) is 14.2. The molecule has 1 aromatic rings. The summed E-state index contributed by atoms with van der Waals surface area (Å²) in [7, 11) is 0. The molecular formula is C14H23N3O3S. The zero-order valence-corrected chi connectivity index (χ0v) is 13.4. The van der Waals surface area contributed by atoms with Crippen molar-refractivity contribution < 1.29 is 14.3 Å². The van der Waals surface area contributed by atoms with Crippen molar-refractivity contribution in [3.05, 3.63) is 5.56 Å². The van der Waals surface area contributed by atoms with Crippen molar-refractivity contribution in [3.63, 3.8) is 0 Å². The third-order valence-corrected chi connectivity index (χ3v) is 4.33. The highest BCUT2D eigenvalue weighted by Crippen LogP contribution is 2.33. The van der Waals surface area contributed by atoms with E-state index in [1.54, 1.807) is 6.92 Å². The SMILES string of the molecule is CCCOC1CCCN(c2snc(N)c2C(=O)OCC)C1. The van der Waals surface area contributed by atoms with Crippen molar-refractivity contribution in [2.24, 2.45) is 0 Å². The minimum absolute atomic E-state index is 0.206. The molecule has 0 saturated carbocycles. The summed E-state index contributed by atoms with van der Waals surface area (Å²) in [5.41, 5.74) is 6.24. The molecule has 0 spiro atoms. The average molecular weight is 313 g/mol. The van der Waals surface area contributed by atoms with Crippen LogP contribution in [0.4, 0.5) is 10.8 Å². The van der Waals surface area contributed by atoms with E-state index in [0.717, 1.165) is 44.0 Å². The number of nitrogens with zero attached hydrogens (tertiary/aromatic N) is 2. The van der Waals surface area contributed by atoms with Crippen LogP contribution in [0.5, 0.6) is 0 Å². The second-order valence-corrected chi connectivity index (χ2v) is 5.80. The minimum atomic E-state index is -0.393. The van der Waals surface area contributed by atoms with Gasteiger partial charge in [0.2, 0.25) is 0 Å². The van der Waals surface area contributed by atoms with Crippen LogP contribution in [0.2, 0.25) is 0 Å². The van der Waals surface area contributed by atoms with Gasteiger partial charge in [-0.15, -0.1) is 0 Å². The normalized spacial score (nSPS) is 18.8. The zero-order valence-electron chi connectivity index (χ0n) is 12.6. The van der Waals surface area contributed by atoms with Crippen molar-refractivity contribution in [2.45, 2.75) is 39.2 Å². The summed E-state index contributed by atoms with van der Waals surface area (Å²) in [5, 5.41) is 0.802. The summed E-state index contributed by atoms with van der Waals surface area (Å²) in [6.07, 6.45) is 3.31. The van der Waals surface area contributed by atoms with Gasteiger partial charge in [0, 0.05) is 19.7 Å². The van der Waals surface area contributed by atoms with E-state index in [4.69, 9.17) is 15.2 Å². The van der Waals surface area contributed by atoms with Gasteiger partial charge in [-0.05, 0) is 37.7 Å². The molecule has 1 fully saturated rings. The second kappa shape index (κ2) is 7.61. The number of aromatic nitrogens is 1. The Morgan fingerprint density at radius 3 is 3.05 bits per heavy atom. The van der Waals surface area contributed by atoms with Gasteiger partial charge >= 0.3 is 5.97 Å². The summed E-state index contributed by atoms with van der Waals surface area (Å²) in [6.45, 7) is 6.64. The molecule has 1 aliphatic heterocycles. The smallest absolute Gasteiger partial charge is 0.345 e. The predicted octanol–water partition coefficient (Wildman–Crippen LogP) is 2.30. The van der Waals surface area contributed by atoms with E-state index < -0.39 is 5.97 Å². The van der Waals surface area contributed by atoms with Crippen LogP contribution < -0.4 is 10.6 Å². The van der Waals surface area contributed by atoms with E-state index in [0.29, 0.717) is 12.2 Å². The highest BCUT2D eigenvalue weighted by Gasteiger charge is 2.28. The summed E-state index contributed by atoms with van der Waals surface area (Å²) in [6, 6.07) is 0. The summed E-state index contributed by atoms with van der Waals surface area (Å²) < 4.78 is 15.0. The number of nitrogens with two attached hydrogens (primary N) is 1. The lowest BCUT2D eigenvalue weighted by Gasteiger charge is -2.33. The molecule has 0 aromatic carbocycles. The molecule has 1 atom stereocenters. The number of carbonyl (C=O) groups is 1. The Hall–Kier alpha value is -1.34. The maximum absolute atomic E-state index is 12.1. The van der Waals surface area contributed by atoms with Crippen molar-refractivity contribution >= 4 is 28.3 Å². The van der Waals surface area contributed by atoms with Gasteiger partial charge in [0.15, 0.2) is 5.82 Å². The molecule has 1 aromatic heterocycles. The highest BCUT2D eigenvalue weighted by molar-refractivity contribution is 7.11. The molecule has 0 radical (unpaired) electrons. The number of anilines is 2. The third-order valence-electron chi connectivity index (χ3n) is 3.40. The molecule has 0 amide bonds. The number of ether oxygens (including phenoxy) is 2. The summed E-state index contributed by atoms with van der Waals surface area (Å²) in [5.74, 6) is -0.139. The molecule has 1 aliphatic rings. The molecule has 1 unspecified atom stereocenters. The standard InChI is InChI=1S/C14H23N3O3S/c1-3-8-20-10-6-5-7-17(9-10)13-11(12(15)16-21-13)14(18)19-4-2/h10H,3-9H2,1-2H3,(H2,15,16). The fourth-order valence-corrected chi connectivity index (χ4v) is 3.28. The Morgan fingerprint density at radius 2 is 2.33 bits per heavy atom. The number of hydrogen-bond acceptors (Lipinski definition) is 7. The van der Waals surface area contributed by atoms with E-state index >= 15 is 0 Å². The Labute approximate surface area is 129 Å². The van der Waals surface area contributed by atoms with E-state index in [1.807, 2.05) is 0 Å². The predicted molar refractivity (Wildman–Crippen MR) is 84.0 cm³/mol.